The van der Waals surface area contributed by atoms with Gasteiger partial charge in [-0.2, -0.15) is 0 Å². The molecule has 1 atom stereocenters. The van der Waals surface area contributed by atoms with E-state index in [1.165, 1.54) is 6.07 Å². The van der Waals surface area contributed by atoms with Crippen LogP contribution in [-0.4, -0.2) is 36.5 Å². The van der Waals surface area contributed by atoms with Crippen molar-refractivity contribution in [2.24, 2.45) is 11.3 Å². The molecule has 1 unspecified atom stereocenters. The van der Waals surface area contributed by atoms with Crippen LogP contribution in [0.1, 0.15) is 45.6 Å². The topological polar surface area (TPSA) is 46.6 Å². The van der Waals surface area contributed by atoms with Crippen LogP contribution in [0, 0.1) is 17.2 Å². The predicted octanol–water partition coefficient (Wildman–Crippen LogP) is 3.59. The molecule has 0 aromatic heterocycles. The third kappa shape index (κ3) is 4.80. The fraction of sp³-hybridized carbons (Fsp3) is 0.600. The SMILES string of the molecule is CCOC(=O)C1(Cc2ccccc2F)CCCN(C(=O)CC(C)C)C1. The molecule has 1 heterocycles. The van der Waals surface area contributed by atoms with Crippen LogP contribution in [-0.2, 0) is 20.7 Å². The number of carbonyl (C=O) groups excluding carboxylic acids is 2. The molecule has 0 spiro atoms. The zero-order chi connectivity index (χ0) is 18.4. The average Bonchev–Trinajstić information content (AvgIpc) is 2.57. The molecule has 0 saturated carbocycles. The highest BCUT2D eigenvalue weighted by Gasteiger charge is 2.45. The number of amides is 1. The molecule has 0 bridgehead atoms. The van der Waals surface area contributed by atoms with Gasteiger partial charge >= 0.3 is 5.97 Å². The van der Waals surface area contributed by atoms with Crippen molar-refractivity contribution in [2.45, 2.75) is 46.5 Å². The highest BCUT2D eigenvalue weighted by atomic mass is 19.1. The van der Waals surface area contributed by atoms with Crippen LogP contribution in [0.3, 0.4) is 0 Å². The summed E-state index contributed by atoms with van der Waals surface area (Å²) in [5, 5.41) is 0. The van der Waals surface area contributed by atoms with Gasteiger partial charge in [-0.15, -0.1) is 0 Å². The maximum atomic E-state index is 14.2. The van der Waals surface area contributed by atoms with Crippen LogP contribution < -0.4 is 0 Å². The third-order valence-electron chi connectivity index (χ3n) is 4.71. The van der Waals surface area contributed by atoms with E-state index in [1.54, 1.807) is 30.0 Å². The van der Waals surface area contributed by atoms with Crippen LogP contribution in [0.2, 0.25) is 0 Å². The summed E-state index contributed by atoms with van der Waals surface area (Å²) in [5.74, 6) is -0.341. The van der Waals surface area contributed by atoms with Gasteiger partial charge in [0.1, 0.15) is 5.82 Å². The summed E-state index contributed by atoms with van der Waals surface area (Å²) in [4.78, 5) is 27.0. The van der Waals surface area contributed by atoms with Gasteiger partial charge in [-0.25, -0.2) is 4.39 Å². The van der Waals surface area contributed by atoms with Crippen LogP contribution >= 0.6 is 0 Å². The van der Waals surface area contributed by atoms with Crippen molar-refractivity contribution in [1.29, 1.82) is 0 Å². The summed E-state index contributed by atoms with van der Waals surface area (Å²) in [5.41, 5.74) is -0.378. The van der Waals surface area contributed by atoms with E-state index in [4.69, 9.17) is 4.74 Å². The minimum absolute atomic E-state index is 0.0527. The summed E-state index contributed by atoms with van der Waals surface area (Å²) < 4.78 is 19.5. The Hall–Kier alpha value is -1.91. The van der Waals surface area contributed by atoms with Gasteiger partial charge in [0, 0.05) is 19.5 Å². The minimum atomic E-state index is -0.872. The van der Waals surface area contributed by atoms with Gasteiger partial charge in [-0.3, -0.25) is 9.59 Å². The lowest BCUT2D eigenvalue weighted by Crippen LogP contribution is -2.51. The fourth-order valence-corrected chi connectivity index (χ4v) is 3.50. The molecule has 4 nitrogen and oxygen atoms in total. The van der Waals surface area contributed by atoms with Crippen molar-refractivity contribution < 1.29 is 18.7 Å². The standard InChI is InChI=1S/C20H28FNO3/c1-4-25-19(24)20(13-16-8-5-6-9-17(16)21)10-7-11-22(14-20)18(23)12-15(2)3/h5-6,8-9,15H,4,7,10-14H2,1-3H3. The van der Waals surface area contributed by atoms with Crippen LogP contribution in [0.25, 0.3) is 0 Å². The molecule has 138 valence electrons. The van der Waals surface area contributed by atoms with E-state index in [0.29, 0.717) is 31.5 Å². The molecule has 1 fully saturated rings. The molecule has 25 heavy (non-hydrogen) atoms. The van der Waals surface area contributed by atoms with Gasteiger partial charge in [0.25, 0.3) is 0 Å². The highest BCUT2D eigenvalue weighted by molar-refractivity contribution is 5.81. The van der Waals surface area contributed by atoms with E-state index >= 15 is 0 Å². The number of benzene rings is 1. The molecular formula is C20H28FNO3. The van der Waals surface area contributed by atoms with Crippen molar-refractivity contribution in [3.05, 3.63) is 35.6 Å². The van der Waals surface area contributed by atoms with Crippen molar-refractivity contribution in [1.82, 2.24) is 4.90 Å². The molecule has 1 aromatic carbocycles. The van der Waals surface area contributed by atoms with Crippen LogP contribution in [0.4, 0.5) is 4.39 Å². The number of hydrogen-bond donors (Lipinski definition) is 0. The van der Waals surface area contributed by atoms with Crippen molar-refractivity contribution in [3.63, 3.8) is 0 Å². The molecule has 0 N–H and O–H groups in total. The first-order chi connectivity index (χ1) is 11.9. The molecule has 2 rings (SSSR count). The second-order valence-electron chi connectivity index (χ2n) is 7.29. The first-order valence-corrected chi connectivity index (χ1v) is 9.06. The number of nitrogens with zero attached hydrogens (tertiary/aromatic N) is 1. The van der Waals surface area contributed by atoms with Gasteiger partial charge < -0.3 is 9.64 Å². The second kappa shape index (κ2) is 8.45. The Kier molecular flexibility index (Phi) is 6.57. The Morgan fingerprint density at radius 3 is 2.68 bits per heavy atom. The summed E-state index contributed by atoms with van der Waals surface area (Å²) in [6.45, 7) is 6.98. The molecule has 1 aromatic rings. The summed E-state index contributed by atoms with van der Waals surface area (Å²) >= 11 is 0. The Morgan fingerprint density at radius 1 is 1.32 bits per heavy atom. The lowest BCUT2D eigenvalue weighted by molar-refractivity contribution is -0.161. The number of halogens is 1. The van der Waals surface area contributed by atoms with E-state index in [-0.39, 0.29) is 36.6 Å². The number of rotatable bonds is 6. The van der Waals surface area contributed by atoms with Gasteiger partial charge in [0.15, 0.2) is 0 Å². The average molecular weight is 349 g/mol. The zero-order valence-electron chi connectivity index (χ0n) is 15.4. The number of esters is 1. The maximum Gasteiger partial charge on any atom is 0.314 e. The van der Waals surface area contributed by atoms with E-state index < -0.39 is 5.41 Å². The molecular weight excluding hydrogens is 321 g/mol. The normalized spacial score (nSPS) is 20.6. The van der Waals surface area contributed by atoms with E-state index in [1.807, 2.05) is 13.8 Å². The summed E-state index contributed by atoms with van der Waals surface area (Å²) in [7, 11) is 0. The monoisotopic (exact) mass is 349 g/mol. The van der Waals surface area contributed by atoms with Crippen LogP contribution in [0.15, 0.2) is 24.3 Å². The Morgan fingerprint density at radius 2 is 2.04 bits per heavy atom. The number of ether oxygens (including phenoxy) is 1. The van der Waals surface area contributed by atoms with Crippen molar-refractivity contribution >= 4 is 11.9 Å². The number of piperidine rings is 1. The van der Waals surface area contributed by atoms with Crippen LogP contribution in [0.5, 0.6) is 0 Å². The molecule has 0 radical (unpaired) electrons. The molecule has 1 aliphatic heterocycles. The lowest BCUT2D eigenvalue weighted by Gasteiger charge is -2.41. The quantitative estimate of drug-likeness (QED) is 0.738. The number of hydrogen-bond acceptors (Lipinski definition) is 3. The first-order valence-electron chi connectivity index (χ1n) is 9.06. The first kappa shape index (κ1) is 19.4. The summed E-state index contributed by atoms with van der Waals surface area (Å²) in [6, 6.07) is 6.50. The van der Waals surface area contributed by atoms with E-state index in [2.05, 4.69) is 0 Å². The third-order valence-corrected chi connectivity index (χ3v) is 4.71. The molecule has 1 saturated heterocycles. The zero-order valence-corrected chi connectivity index (χ0v) is 15.4. The van der Waals surface area contributed by atoms with E-state index in [0.717, 1.165) is 6.42 Å². The number of likely N-dealkylation sites (tertiary alicyclic amines) is 1. The van der Waals surface area contributed by atoms with Gasteiger partial charge in [0.05, 0.1) is 12.0 Å². The molecule has 1 aliphatic rings. The van der Waals surface area contributed by atoms with Gasteiger partial charge in [-0.1, -0.05) is 32.0 Å². The van der Waals surface area contributed by atoms with E-state index in [9.17, 15) is 14.0 Å². The minimum Gasteiger partial charge on any atom is -0.466 e. The fourth-order valence-electron chi connectivity index (χ4n) is 3.50. The smallest absolute Gasteiger partial charge is 0.314 e. The van der Waals surface area contributed by atoms with Crippen molar-refractivity contribution in [3.8, 4) is 0 Å². The maximum absolute atomic E-state index is 14.2. The summed E-state index contributed by atoms with van der Waals surface area (Å²) in [6.07, 6.45) is 2.03. The van der Waals surface area contributed by atoms with Gasteiger partial charge in [-0.05, 0) is 43.7 Å². The number of carbonyl (C=O) groups is 2. The Labute approximate surface area is 149 Å². The molecule has 5 heteroatoms. The lowest BCUT2D eigenvalue weighted by atomic mass is 9.74. The predicted molar refractivity (Wildman–Crippen MR) is 94.4 cm³/mol. The largest absolute Gasteiger partial charge is 0.466 e. The highest BCUT2D eigenvalue weighted by Crippen LogP contribution is 2.36. The molecule has 0 aliphatic carbocycles. The Balaban J connectivity index is 2.27. The second-order valence-corrected chi connectivity index (χ2v) is 7.29. The Bertz CT molecular complexity index is 617. The van der Waals surface area contributed by atoms with Crippen molar-refractivity contribution in [2.75, 3.05) is 19.7 Å². The molecule has 1 amide bonds. The van der Waals surface area contributed by atoms with Gasteiger partial charge in [0.2, 0.25) is 5.91 Å².